The monoisotopic (exact) mass is 249 g/mol. The summed E-state index contributed by atoms with van der Waals surface area (Å²) in [7, 11) is 0. The number of carbonyl (C=O) groups excluding carboxylic acids is 1. The molecule has 0 saturated heterocycles. The number of unbranched alkanes of at least 4 members (excludes halogenated alkanes) is 2. The van der Waals surface area contributed by atoms with Crippen LogP contribution >= 0.6 is 0 Å². The highest BCUT2D eigenvalue weighted by Crippen LogP contribution is 2.30. The lowest BCUT2D eigenvalue weighted by atomic mass is 10.2. The number of ether oxygens (including phenoxy) is 2. The van der Waals surface area contributed by atoms with Gasteiger partial charge in [0.25, 0.3) is 5.91 Å². The van der Waals surface area contributed by atoms with Crippen LogP contribution in [0.4, 0.5) is 0 Å². The Labute approximate surface area is 107 Å². The molecule has 1 heterocycles. The number of rotatable bonds is 5. The van der Waals surface area contributed by atoms with Crippen molar-refractivity contribution in [1.29, 1.82) is 0 Å². The first-order valence-corrected chi connectivity index (χ1v) is 6.47. The van der Waals surface area contributed by atoms with Gasteiger partial charge in [-0.25, -0.2) is 0 Å². The predicted octanol–water partition coefficient (Wildman–Crippen LogP) is 2.13. The zero-order chi connectivity index (χ0) is 12.8. The van der Waals surface area contributed by atoms with Crippen molar-refractivity contribution in [2.24, 2.45) is 0 Å². The number of hydrogen-bond acceptors (Lipinski definition) is 3. The molecule has 1 aliphatic rings. The van der Waals surface area contributed by atoms with E-state index in [0.717, 1.165) is 19.3 Å². The molecular weight excluding hydrogens is 230 g/mol. The molecule has 1 N–H and O–H groups in total. The normalized spacial score (nSPS) is 17.3. The van der Waals surface area contributed by atoms with E-state index in [-0.39, 0.29) is 12.5 Å². The van der Waals surface area contributed by atoms with Crippen molar-refractivity contribution in [3.05, 3.63) is 24.3 Å². The fraction of sp³-hybridized carbons (Fsp3) is 0.500. The second kappa shape index (κ2) is 6.28. The second-order valence-corrected chi connectivity index (χ2v) is 4.36. The van der Waals surface area contributed by atoms with Crippen molar-refractivity contribution in [2.75, 3.05) is 13.2 Å². The average molecular weight is 249 g/mol. The molecule has 1 aliphatic heterocycles. The van der Waals surface area contributed by atoms with Crippen molar-refractivity contribution >= 4 is 5.91 Å². The van der Waals surface area contributed by atoms with Gasteiger partial charge in [-0.1, -0.05) is 31.9 Å². The molecule has 0 radical (unpaired) electrons. The second-order valence-electron chi connectivity index (χ2n) is 4.36. The smallest absolute Gasteiger partial charge is 0.264 e. The van der Waals surface area contributed by atoms with Crippen LogP contribution in [0, 0.1) is 0 Å². The van der Waals surface area contributed by atoms with Crippen LogP contribution < -0.4 is 14.8 Å². The fourth-order valence-corrected chi connectivity index (χ4v) is 1.85. The number of nitrogens with one attached hydrogen (secondary N) is 1. The minimum Gasteiger partial charge on any atom is -0.485 e. The lowest BCUT2D eigenvalue weighted by Gasteiger charge is -2.25. The lowest BCUT2D eigenvalue weighted by Crippen LogP contribution is -2.44. The molecule has 0 aliphatic carbocycles. The summed E-state index contributed by atoms with van der Waals surface area (Å²) in [5.74, 6) is 1.24. The lowest BCUT2D eigenvalue weighted by molar-refractivity contribution is -0.130. The molecule has 1 atom stereocenters. The summed E-state index contributed by atoms with van der Waals surface area (Å²) in [5.41, 5.74) is 0. The molecule has 4 nitrogen and oxygen atoms in total. The average Bonchev–Trinajstić information content (AvgIpc) is 2.43. The summed E-state index contributed by atoms with van der Waals surface area (Å²) in [5, 5.41) is 2.87. The van der Waals surface area contributed by atoms with E-state index >= 15 is 0 Å². The van der Waals surface area contributed by atoms with E-state index in [0.29, 0.717) is 18.0 Å². The molecular formula is C14H19NO3. The van der Waals surface area contributed by atoms with Gasteiger partial charge in [0.05, 0.1) is 0 Å². The van der Waals surface area contributed by atoms with Crippen molar-refractivity contribution in [3.8, 4) is 11.5 Å². The Morgan fingerprint density at radius 1 is 1.33 bits per heavy atom. The van der Waals surface area contributed by atoms with Crippen molar-refractivity contribution in [1.82, 2.24) is 5.32 Å². The Balaban J connectivity index is 1.83. The third-order valence-electron chi connectivity index (χ3n) is 2.88. The molecule has 1 aromatic carbocycles. The highest BCUT2D eigenvalue weighted by atomic mass is 16.6. The van der Waals surface area contributed by atoms with Crippen LogP contribution in [0.3, 0.4) is 0 Å². The zero-order valence-corrected chi connectivity index (χ0v) is 10.6. The maximum absolute atomic E-state index is 11.9. The quantitative estimate of drug-likeness (QED) is 0.813. The molecule has 0 spiro atoms. The van der Waals surface area contributed by atoms with Gasteiger partial charge in [0.2, 0.25) is 6.10 Å². The van der Waals surface area contributed by atoms with Gasteiger partial charge < -0.3 is 14.8 Å². The number of carbonyl (C=O) groups is 1. The van der Waals surface area contributed by atoms with E-state index in [1.165, 1.54) is 0 Å². The van der Waals surface area contributed by atoms with Crippen LogP contribution in [-0.4, -0.2) is 25.2 Å². The van der Waals surface area contributed by atoms with E-state index in [1.807, 2.05) is 24.3 Å². The Kier molecular flexibility index (Phi) is 4.45. The van der Waals surface area contributed by atoms with E-state index in [2.05, 4.69) is 12.2 Å². The number of hydrogen-bond donors (Lipinski definition) is 1. The predicted molar refractivity (Wildman–Crippen MR) is 68.9 cm³/mol. The first-order chi connectivity index (χ1) is 8.81. The minimum atomic E-state index is -0.540. The topological polar surface area (TPSA) is 47.6 Å². The number of benzene rings is 1. The Bertz CT molecular complexity index is 406. The standard InChI is InChI=1S/C14H19NO3/c1-2-3-6-9-15-14(16)13-10-17-11-7-4-5-8-12(11)18-13/h4-5,7-8,13H,2-3,6,9-10H2,1H3,(H,15,16). The van der Waals surface area contributed by atoms with Crippen LogP contribution in [0.2, 0.25) is 0 Å². The van der Waals surface area contributed by atoms with Gasteiger partial charge in [0, 0.05) is 6.54 Å². The van der Waals surface area contributed by atoms with E-state index in [1.54, 1.807) is 0 Å². The fourth-order valence-electron chi connectivity index (χ4n) is 1.85. The van der Waals surface area contributed by atoms with Crippen LogP contribution in [0.1, 0.15) is 26.2 Å². The summed E-state index contributed by atoms with van der Waals surface area (Å²) in [4.78, 5) is 11.9. The van der Waals surface area contributed by atoms with Gasteiger partial charge in [-0.05, 0) is 18.6 Å². The molecule has 0 aromatic heterocycles. The van der Waals surface area contributed by atoms with Crippen molar-refractivity contribution in [3.63, 3.8) is 0 Å². The van der Waals surface area contributed by atoms with E-state index in [4.69, 9.17) is 9.47 Å². The molecule has 1 amide bonds. The van der Waals surface area contributed by atoms with Gasteiger partial charge >= 0.3 is 0 Å². The minimum absolute atomic E-state index is 0.0967. The SMILES string of the molecule is CCCCCNC(=O)C1COc2ccccc2O1. The molecule has 1 aromatic rings. The van der Waals surface area contributed by atoms with Gasteiger partial charge in [-0.2, -0.15) is 0 Å². The molecule has 0 saturated carbocycles. The maximum Gasteiger partial charge on any atom is 0.264 e. The summed E-state index contributed by atoms with van der Waals surface area (Å²) < 4.78 is 11.1. The van der Waals surface area contributed by atoms with Crippen LogP contribution in [0.25, 0.3) is 0 Å². The Morgan fingerprint density at radius 3 is 2.89 bits per heavy atom. The molecule has 98 valence electrons. The van der Waals surface area contributed by atoms with Crippen LogP contribution in [-0.2, 0) is 4.79 Å². The molecule has 4 heteroatoms. The highest BCUT2D eigenvalue weighted by Gasteiger charge is 2.26. The highest BCUT2D eigenvalue weighted by molar-refractivity contribution is 5.81. The summed E-state index contributed by atoms with van der Waals surface area (Å²) in [6.07, 6.45) is 2.74. The third-order valence-corrected chi connectivity index (χ3v) is 2.88. The van der Waals surface area contributed by atoms with E-state index < -0.39 is 6.10 Å². The van der Waals surface area contributed by atoms with Crippen LogP contribution in [0.5, 0.6) is 11.5 Å². The first kappa shape index (κ1) is 12.7. The Hall–Kier alpha value is -1.71. The number of amides is 1. The van der Waals surface area contributed by atoms with E-state index in [9.17, 15) is 4.79 Å². The van der Waals surface area contributed by atoms with Gasteiger partial charge in [0.1, 0.15) is 6.61 Å². The third kappa shape index (κ3) is 3.15. The summed E-state index contributed by atoms with van der Waals surface area (Å²) >= 11 is 0. The first-order valence-electron chi connectivity index (χ1n) is 6.47. The Morgan fingerprint density at radius 2 is 2.11 bits per heavy atom. The molecule has 2 rings (SSSR count). The molecule has 0 fully saturated rings. The van der Waals surface area contributed by atoms with Gasteiger partial charge in [-0.3, -0.25) is 4.79 Å². The van der Waals surface area contributed by atoms with Gasteiger partial charge in [-0.15, -0.1) is 0 Å². The van der Waals surface area contributed by atoms with Gasteiger partial charge in [0.15, 0.2) is 11.5 Å². The van der Waals surface area contributed by atoms with Crippen molar-refractivity contribution in [2.45, 2.75) is 32.3 Å². The summed E-state index contributed by atoms with van der Waals surface area (Å²) in [6, 6.07) is 7.40. The largest absolute Gasteiger partial charge is 0.485 e. The molecule has 18 heavy (non-hydrogen) atoms. The number of fused-ring (bicyclic) bond motifs is 1. The van der Waals surface area contributed by atoms with Crippen LogP contribution in [0.15, 0.2) is 24.3 Å². The summed E-state index contributed by atoms with van der Waals surface area (Å²) in [6.45, 7) is 3.11. The maximum atomic E-state index is 11.9. The number of para-hydroxylation sites is 2. The zero-order valence-electron chi connectivity index (χ0n) is 10.6. The molecule has 0 bridgehead atoms. The van der Waals surface area contributed by atoms with Crippen molar-refractivity contribution < 1.29 is 14.3 Å². The molecule has 1 unspecified atom stereocenters.